The quantitative estimate of drug-likeness (QED) is 0.672. The lowest BCUT2D eigenvalue weighted by Crippen LogP contribution is -2.14. The Morgan fingerprint density at radius 3 is 2.81 bits per heavy atom. The van der Waals surface area contributed by atoms with E-state index in [0.29, 0.717) is 0 Å². The third-order valence-electron chi connectivity index (χ3n) is 1.87. The van der Waals surface area contributed by atoms with Crippen molar-refractivity contribution in [1.82, 2.24) is 20.0 Å². The summed E-state index contributed by atoms with van der Waals surface area (Å²) in [5, 5.41) is 9.78. The smallest absolute Gasteiger partial charge is 0.268 e. The summed E-state index contributed by atoms with van der Waals surface area (Å²) in [6, 6.07) is 1.54. The highest BCUT2D eigenvalue weighted by Gasteiger charge is 2.20. The van der Waals surface area contributed by atoms with E-state index in [9.17, 15) is 8.42 Å². The highest BCUT2D eigenvalue weighted by Crippen LogP contribution is 2.17. The molecule has 0 aliphatic carbocycles. The van der Waals surface area contributed by atoms with Gasteiger partial charge in [-0.1, -0.05) is 0 Å². The van der Waals surface area contributed by atoms with Crippen LogP contribution >= 0.6 is 0 Å². The third-order valence-corrected chi connectivity index (χ3v) is 3.26. The predicted molar refractivity (Wildman–Crippen MR) is 57.0 cm³/mol. The van der Waals surface area contributed by atoms with Crippen LogP contribution in [0.15, 0.2) is 23.4 Å². The topological polar surface area (TPSA) is 119 Å². The molecule has 0 saturated carbocycles. The molecule has 4 N–H and O–H groups in total. The van der Waals surface area contributed by atoms with Crippen LogP contribution in [0.5, 0.6) is 0 Å². The van der Waals surface area contributed by atoms with Gasteiger partial charge < -0.3 is 5.73 Å². The number of aryl methyl sites for hydroxylation is 1. The molecule has 9 heteroatoms. The van der Waals surface area contributed by atoms with Crippen LogP contribution in [0.2, 0.25) is 0 Å². The summed E-state index contributed by atoms with van der Waals surface area (Å²) in [4.78, 5) is -0.0989. The molecule has 2 aromatic rings. The van der Waals surface area contributed by atoms with Crippen LogP contribution in [0.1, 0.15) is 0 Å². The molecule has 8 nitrogen and oxygen atoms in total. The van der Waals surface area contributed by atoms with Gasteiger partial charge >= 0.3 is 0 Å². The van der Waals surface area contributed by atoms with E-state index in [-0.39, 0.29) is 16.5 Å². The molecule has 0 aliphatic heterocycles. The molecule has 0 spiro atoms. The summed E-state index contributed by atoms with van der Waals surface area (Å²) in [7, 11) is -2.05. The first kappa shape index (κ1) is 10.5. The van der Waals surface area contributed by atoms with E-state index in [2.05, 4.69) is 20.0 Å². The minimum atomic E-state index is -3.73. The second kappa shape index (κ2) is 3.52. The predicted octanol–water partition coefficient (Wildman–Crippen LogP) is -0.474. The molecule has 0 aliphatic rings. The monoisotopic (exact) mass is 242 g/mol. The molecule has 0 bridgehead atoms. The van der Waals surface area contributed by atoms with Crippen LogP contribution in [-0.4, -0.2) is 28.4 Å². The van der Waals surface area contributed by atoms with Crippen molar-refractivity contribution in [2.75, 3.05) is 10.5 Å². The molecule has 0 amide bonds. The van der Waals surface area contributed by atoms with Gasteiger partial charge in [0.15, 0.2) is 5.82 Å². The van der Waals surface area contributed by atoms with Gasteiger partial charge in [-0.3, -0.25) is 14.5 Å². The van der Waals surface area contributed by atoms with E-state index in [1.807, 2.05) is 0 Å². The second-order valence-corrected chi connectivity index (χ2v) is 4.78. The van der Waals surface area contributed by atoms with Crippen molar-refractivity contribution >= 4 is 21.7 Å². The molecular weight excluding hydrogens is 232 g/mol. The number of aromatic nitrogens is 4. The lowest BCUT2D eigenvalue weighted by Gasteiger charge is -2.02. The van der Waals surface area contributed by atoms with E-state index < -0.39 is 10.0 Å². The first-order chi connectivity index (χ1) is 7.49. The van der Waals surface area contributed by atoms with Crippen LogP contribution in [-0.2, 0) is 17.1 Å². The normalized spacial score (nSPS) is 11.6. The molecule has 0 radical (unpaired) electrons. The number of nitrogens with zero attached hydrogens (tertiary/aromatic N) is 3. The fraction of sp³-hybridized carbons (Fsp3) is 0.143. The average Bonchev–Trinajstić information content (AvgIpc) is 2.74. The van der Waals surface area contributed by atoms with E-state index in [0.717, 1.165) is 6.20 Å². The lowest BCUT2D eigenvalue weighted by molar-refractivity contribution is 0.601. The number of aromatic amines is 1. The number of H-pyrrole nitrogens is 1. The molecule has 0 saturated heterocycles. The zero-order valence-electron chi connectivity index (χ0n) is 8.38. The van der Waals surface area contributed by atoms with Crippen molar-refractivity contribution < 1.29 is 8.42 Å². The van der Waals surface area contributed by atoms with Crippen molar-refractivity contribution in [3.8, 4) is 0 Å². The van der Waals surface area contributed by atoms with Gasteiger partial charge in [0.2, 0.25) is 0 Å². The first-order valence-electron chi connectivity index (χ1n) is 4.30. The van der Waals surface area contributed by atoms with Gasteiger partial charge in [-0.25, -0.2) is 8.42 Å². The number of anilines is 2. The number of nitrogen functional groups attached to an aromatic ring is 1. The number of rotatable bonds is 3. The Bertz CT molecular complexity index is 598. The molecular formula is C7H10N6O2S. The van der Waals surface area contributed by atoms with Gasteiger partial charge in [0, 0.05) is 19.3 Å². The molecule has 0 aromatic carbocycles. The van der Waals surface area contributed by atoms with E-state index >= 15 is 0 Å². The fourth-order valence-electron chi connectivity index (χ4n) is 1.16. The van der Waals surface area contributed by atoms with E-state index in [4.69, 9.17) is 5.73 Å². The Kier molecular flexibility index (Phi) is 2.31. The molecule has 0 fully saturated rings. The molecule has 86 valence electrons. The van der Waals surface area contributed by atoms with Crippen molar-refractivity contribution in [2.45, 2.75) is 4.90 Å². The number of sulfonamides is 1. The largest absolute Gasteiger partial charge is 0.383 e. The van der Waals surface area contributed by atoms with Crippen LogP contribution in [0.4, 0.5) is 11.6 Å². The maximum Gasteiger partial charge on any atom is 0.268 e. The molecule has 2 aromatic heterocycles. The van der Waals surface area contributed by atoms with Crippen molar-refractivity contribution in [3.05, 3.63) is 18.5 Å². The van der Waals surface area contributed by atoms with Gasteiger partial charge in [-0.15, -0.1) is 0 Å². The van der Waals surface area contributed by atoms with Crippen LogP contribution < -0.4 is 10.5 Å². The standard InChI is InChI=1S/C7H10N6O2S/c1-13-3-2-6(11-13)12-16(14,15)5-4-9-10-7(5)8/h2-4H,1H3,(H,11,12)(H3,8,9,10). The minimum absolute atomic E-state index is 0.0107. The maximum absolute atomic E-state index is 11.8. The Hall–Kier alpha value is -2.03. The Morgan fingerprint density at radius 1 is 1.56 bits per heavy atom. The Labute approximate surface area is 91.5 Å². The van der Waals surface area contributed by atoms with E-state index in [1.54, 1.807) is 13.2 Å². The number of hydrogen-bond acceptors (Lipinski definition) is 5. The van der Waals surface area contributed by atoms with E-state index in [1.165, 1.54) is 10.7 Å². The summed E-state index contributed by atoms with van der Waals surface area (Å²) in [5.74, 6) is 0.214. The van der Waals surface area contributed by atoms with Crippen molar-refractivity contribution in [3.63, 3.8) is 0 Å². The molecule has 0 unspecified atom stereocenters. The SMILES string of the molecule is Cn1ccc(NS(=O)(=O)c2cn[nH]c2N)n1. The maximum atomic E-state index is 11.8. The molecule has 2 rings (SSSR count). The number of nitrogens with two attached hydrogens (primary N) is 1. The second-order valence-electron chi connectivity index (χ2n) is 3.13. The van der Waals surface area contributed by atoms with Crippen LogP contribution in [0, 0.1) is 0 Å². The van der Waals surface area contributed by atoms with Gasteiger partial charge in [0.1, 0.15) is 10.7 Å². The highest BCUT2D eigenvalue weighted by molar-refractivity contribution is 7.92. The summed E-state index contributed by atoms with van der Waals surface area (Å²) in [6.45, 7) is 0. The Balaban J connectivity index is 2.31. The van der Waals surface area contributed by atoms with Gasteiger partial charge in [0.05, 0.1) is 6.20 Å². The third kappa shape index (κ3) is 1.84. The summed E-state index contributed by atoms with van der Waals surface area (Å²) in [6.07, 6.45) is 2.76. The summed E-state index contributed by atoms with van der Waals surface area (Å²) in [5.41, 5.74) is 5.42. The average molecular weight is 242 g/mol. The van der Waals surface area contributed by atoms with Crippen molar-refractivity contribution in [1.29, 1.82) is 0 Å². The number of nitrogens with one attached hydrogen (secondary N) is 2. The molecule has 2 heterocycles. The van der Waals surface area contributed by atoms with Crippen molar-refractivity contribution in [2.24, 2.45) is 7.05 Å². The molecule has 16 heavy (non-hydrogen) atoms. The fourth-order valence-corrected chi connectivity index (χ4v) is 2.18. The number of hydrogen-bond donors (Lipinski definition) is 3. The van der Waals surface area contributed by atoms with Gasteiger partial charge in [0.25, 0.3) is 10.0 Å². The zero-order chi connectivity index (χ0) is 11.8. The van der Waals surface area contributed by atoms with Crippen LogP contribution in [0.25, 0.3) is 0 Å². The van der Waals surface area contributed by atoms with Gasteiger partial charge in [-0.05, 0) is 0 Å². The highest BCUT2D eigenvalue weighted by atomic mass is 32.2. The Morgan fingerprint density at radius 2 is 2.31 bits per heavy atom. The summed E-state index contributed by atoms with van der Waals surface area (Å²) < 4.78 is 27.4. The first-order valence-corrected chi connectivity index (χ1v) is 5.78. The van der Waals surface area contributed by atoms with Gasteiger partial charge in [-0.2, -0.15) is 10.2 Å². The molecule has 0 atom stereocenters. The van der Waals surface area contributed by atoms with Crippen LogP contribution in [0.3, 0.4) is 0 Å². The lowest BCUT2D eigenvalue weighted by atomic mass is 10.7. The zero-order valence-corrected chi connectivity index (χ0v) is 9.19. The summed E-state index contributed by atoms with van der Waals surface area (Å²) >= 11 is 0. The minimum Gasteiger partial charge on any atom is -0.383 e.